The van der Waals surface area contributed by atoms with Crippen LogP contribution in [0.4, 0.5) is 24.5 Å². The average molecular weight is 333 g/mol. The van der Waals surface area contributed by atoms with Crippen molar-refractivity contribution in [2.75, 3.05) is 17.2 Å². The molecule has 2 heterocycles. The first-order valence-electron chi connectivity index (χ1n) is 6.32. The molecular weight excluding hydrogens is 321 g/mol. The maximum atomic E-state index is 13.0. The van der Waals surface area contributed by atoms with E-state index < -0.39 is 17.4 Å². The van der Waals surface area contributed by atoms with E-state index in [2.05, 4.69) is 0 Å². The van der Waals surface area contributed by atoms with Gasteiger partial charge in [-0.05, 0) is 35.6 Å². The Bertz CT molecular complexity index is 681. The first kappa shape index (κ1) is 14.5. The smallest absolute Gasteiger partial charge is 0.397 e. The van der Waals surface area contributed by atoms with Gasteiger partial charge in [0.2, 0.25) is 0 Å². The van der Waals surface area contributed by atoms with E-state index in [-0.39, 0.29) is 5.02 Å². The van der Waals surface area contributed by atoms with Crippen LogP contribution in [0.3, 0.4) is 0 Å². The summed E-state index contributed by atoms with van der Waals surface area (Å²) >= 11 is 7.56. The highest BCUT2D eigenvalue weighted by atomic mass is 35.5. The normalized spacial score (nSPS) is 15.1. The lowest BCUT2D eigenvalue weighted by atomic mass is 10.1. The number of halogens is 4. The first-order valence-corrected chi connectivity index (χ1v) is 7.58. The van der Waals surface area contributed by atoms with Crippen molar-refractivity contribution in [3.05, 3.63) is 44.6 Å². The number of fused-ring (bicyclic) bond motifs is 1. The van der Waals surface area contributed by atoms with Gasteiger partial charge in [0.05, 0.1) is 16.3 Å². The van der Waals surface area contributed by atoms with Crippen molar-refractivity contribution in [1.82, 2.24) is 0 Å². The molecule has 0 spiro atoms. The van der Waals surface area contributed by atoms with E-state index in [1.807, 2.05) is 16.3 Å². The van der Waals surface area contributed by atoms with Gasteiger partial charge in [-0.25, -0.2) is 0 Å². The number of thiophene rings is 1. The Kier molecular flexibility index (Phi) is 3.53. The minimum Gasteiger partial charge on any atom is -0.397 e. The fourth-order valence-corrected chi connectivity index (χ4v) is 3.59. The maximum Gasteiger partial charge on any atom is 0.418 e. The van der Waals surface area contributed by atoms with Crippen molar-refractivity contribution in [3.8, 4) is 0 Å². The zero-order valence-electron chi connectivity index (χ0n) is 10.9. The van der Waals surface area contributed by atoms with E-state index in [1.54, 1.807) is 11.3 Å². The summed E-state index contributed by atoms with van der Waals surface area (Å²) in [5, 5.41) is 1.95. The number of nitrogens with two attached hydrogens (primary N) is 1. The van der Waals surface area contributed by atoms with Gasteiger partial charge in [0.25, 0.3) is 0 Å². The third-order valence-electron chi connectivity index (χ3n) is 3.59. The van der Waals surface area contributed by atoms with E-state index >= 15 is 0 Å². The maximum absolute atomic E-state index is 13.0. The standard InChI is InChI=1S/C14H12ClF3N2S/c15-11-6-9(5-10(13(11)19)14(16,17)18)20-3-1-12-8(7-20)2-4-21-12/h2,4-6H,1,3,7,19H2. The number of anilines is 2. The molecule has 0 radical (unpaired) electrons. The highest BCUT2D eigenvalue weighted by Crippen LogP contribution is 2.40. The van der Waals surface area contributed by atoms with E-state index in [4.69, 9.17) is 17.3 Å². The molecule has 0 saturated heterocycles. The minimum absolute atomic E-state index is 0.0593. The molecule has 1 aromatic carbocycles. The third kappa shape index (κ3) is 2.70. The SMILES string of the molecule is Nc1c(Cl)cc(N2CCc3sccc3C2)cc1C(F)(F)F. The molecule has 21 heavy (non-hydrogen) atoms. The Morgan fingerprint density at radius 1 is 1.29 bits per heavy atom. The largest absolute Gasteiger partial charge is 0.418 e. The van der Waals surface area contributed by atoms with Crippen molar-refractivity contribution in [1.29, 1.82) is 0 Å². The molecule has 0 atom stereocenters. The van der Waals surface area contributed by atoms with Gasteiger partial charge in [-0.1, -0.05) is 11.6 Å². The lowest BCUT2D eigenvalue weighted by molar-refractivity contribution is -0.136. The summed E-state index contributed by atoms with van der Waals surface area (Å²) in [6, 6.07) is 4.60. The number of benzene rings is 1. The second kappa shape index (κ2) is 5.10. The number of nitrogens with zero attached hydrogens (tertiary/aromatic N) is 1. The fraction of sp³-hybridized carbons (Fsp3) is 0.286. The van der Waals surface area contributed by atoms with E-state index in [0.29, 0.717) is 18.8 Å². The Balaban J connectivity index is 1.99. The lowest BCUT2D eigenvalue weighted by Gasteiger charge is -2.30. The Labute approximate surface area is 128 Å². The molecule has 1 aliphatic heterocycles. The van der Waals surface area contributed by atoms with Crippen molar-refractivity contribution < 1.29 is 13.2 Å². The number of hydrogen-bond acceptors (Lipinski definition) is 3. The van der Waals surface area contributed by atoms with Crippen LogP contribution in [0, 0.1) is 0 Å². The van der Waals surface area contributed by atoms with Gasteiger partial charge in [0, 0.05) is 23.7 Å². The van der Waals surface area contributed by atoms with Crippen molar-refractivity contribution in [2.45, 2.75) is 19.1 Å². The Morgan fingerprint density at radius 3 is 2.76 bits per heavy atom. The van der Waals surface area contributed by atoms with Gasteiger partial charge in [-0.3, -0.25) is 0 Å². The third-order valence-corrected chi connectivity index (χ3v) is 4.93. The topological polar surface area (TPSA) is 29.3 Å². The summed E-state index contributed by atoms with van der Waals surface area (Å²) in [5.74, 6) is 0. The molecule has 0 amide bonds. The zero-order chi connectivity index (χ0) is 15.2. The van der Waals surface area contributed by atoms with E-state index in [1.165, 1.54) is 10.9 Å². The zero-order valence-corrected chi connectivity index (χ0v) is 12.4. The van der Waals surface area contributed by atoms with Gasteiger partial charge in [0.15, 0.2) is 0 Å². The van der Waals surface area contributed by atoms with Crippen LogP contribution in [0.1, 0.15) is 16.0 Å². The predicted octanol–water partition coefficient (Wildman–Crippen LogP) is 4.57. The van der Waals surface area contributed by atoms with E-state index in [0.717, 1.165) is 18.1 Å². The molecule has 2 N–H and O–H groups in total. The molecule has 2 nitrogen and oxygen atoms in total. The number of alkyl halides is 3. The molecule has 1 aliphatic rings. The molecule has 3 rings (SSSR count). The van der Waals surface area contributed by atoms with Gasteiger partial charge in [-0.2, -0.15) is 13.2 Å². The van der Waals surface area contributed by atoms with Crippen LogP contribution in [0.5, 0.6) is 0 Å². The fourth-order valence-electron chi connectivity index (χ4n) is 2.49. The summed E-state index contributed by atoms with van der Waals surface area (Å²) in [4.78, 5) is 3.19. The summed E-state index contributed by atoms with van der Waals surface area (Å²) in [6.07, 6.45) is -3.68. The molecule has 7 heteroatoms. The van der Waals surface area contributed by atoms with Gasteiger partial charge < -0.3 is 10.6 Å². The summed E-state index contributed by atoms with van der Waals surface area (Å²) in [5.41, 5.74) is 5.79. The second-order valence-electron chi connectivity index (χ2n) is 4.93. The molecular formula is C14H12ClF3N2S. The number of nitrogen functional groups attached to an aromatic ring is 1. The van der Waals surface area contributed by atoms with Crippen LogP contribution >= 0.6 is 22.9 Å². The highest BCUT2D eigenvalue weighted by Gasteiger charge is 2.35. The Hall–Kier alpha value is -1.40. The minimum atomic E-state index is -4.51. The van der Waals surface area contributed by atoms with Crippen molar-refractivity contribution in [2.24, 2.45) is 0 Å². The second-order valence-corrected chi connectivity index (χ2v) is 6.34. The first-order chi connectivity index (χ1) is 9.86. The van der Waals surface area contributed by atoms with Crippen LogP contribution in [-0.2, 0) is 19.1 Å². The molecule has 0 bridgehead atoms. The molecule has 0 aliphatic carbocycles. The molecule has 0 saturated carbocycles. The molecule has 2 aromatic rings. The summed E-state index contributed by atoms with van der Waals surface area (Å²) in [7, 11) is 0. The van der Waals surface area contributed by atoms with Crippen molar-refractivity contribution >= 4 is 34.3 Å². The van der Waals surface area contributed by atoms with Gasteiger partial charge >= 0.3 is 6.18 Å². The van der Waals surface area contributed by atoms with Crippen LogP contribution < -0.4 is 10.6 Å². The summed E-state index contributed by atoms with van der Waals surface area (Å²) in [6.45, 7) is 1.27. The lowest BCUT2D eigenvalue weighted by Crippen LogP contribution is -2.29. The molecule has 1 aromatic heterocycles. The summed E-state index contributed by atoms with van der Waals surface area (Å²) < 4.78 is 39.0. The molecule has 0 unspecified atom stereocenters. The Morgan fingerprint density at radius 2 is 2.05 bits per heavy atom. The van der Waals surface area contributed by atoms with Gasteiger partial charge in [0.1, 0.15) is 0 Å². The number of hydrogen-bond donors (Lipinski definition) is 1. The number of rotatable bonds is 1. The van der Waals surface area contributed by atoms with Crippen LogP contribution in [0.15, 0.2) is 23.6 Å². The van der Waals surface area contributed by atoms with Crippen LogP contribution in [0.2, 0.25) is 5.02 Å². The average Bonchev–Trinajstić information content (AvgIpc) is 2.87. The van der Waals surface area contributed by atoms with Crippen molar-refractivity contribution in [3.63, 3.8) is 0 Å². The van der Waals surface area contributed by atoms with Gasteiger partial charge in [-0.15, -0.1) is 11.3 Å². The highest BCUT2D eigenvalue weighted by molar-refractivity contribution is 7.10. The monoisotopic (exact) mass is 332 g/mol. The quantitative estimate of drug-likeness (QED) is 0.775. The predicted molar refractivity (Wildman–Crippen MR) is 79.9 cm³/mol. The van der Waals surface area contributed by atoms with E-state index in [9.17, 15) is 13.2 Å². The molecule has 112 valence electrons. The van der Waals surface area contributed by atoms with Crippen LogP contribution in [0.25, 0.3) is 0 Å². The molecule has 0 fully saturated rings. The van der Waals surface area contributed by atoms with Crippen LogP contribution in [-0.4, -0.2) is 6.54 Å².